The molecule has 96 valence electrons. The molecule has 1 amide bonds. The van der Waals surface area contributed by atoms with Gasteiger partial charge < -0.3 is 10.2 Å². The zero-order chi connectivity index (χ0) is 12.7. The molecule has 3 nitrogen and oxygen atoms in total. The van der Waals surface area contributed by atoms with Crippen LogP contribution in [0.4, 0.5) is 5.69 Å². The average Bonchev–Trinajstić information content (AvgIpc) is 2.89. The Morgan fingerprint density at radius 2 is 2.28 bits per heavy atom. The minimum atomic E-state index is 0.193. The van der Waals surface area contributed by atoms with Crippen LogP contribution in [-0.4, -0.2) is 29.4 Å². The fourth-order valence-electron chi connectivity index (χ4n) is 2.92. The molecule has 0 saturated carbocycles. The summed E-state index contributed by atoms with van der Waals surface area (Å²) in [4.78, 5) is 13.8. The summed E-state index contributed by atoms with van der Waals surface area (Å²) in [5.41, 5.74) is 0.909. The van der Waals surface area contributed by atoms with Crippen molar-refractivity contribution in [1.29, 1.82) is 0 Å². The van der Waals surface area contributed by atoms with Gasteiger partial charge in [-0.1, -0.05) is 27.5 Å². The van der Waals surface area contributed by atoms with E-state index in [1.165, 1.54) is 0 Å². The molecule has 2 atom stereocenters. The Balaban J connectivity index is 1.78. The topological polar surface area (TPSA) is 32.3 Å². The van der Waals surface area contributed by atoms with Crippen molar-refractivity contribution >= 4 is 39.1 Å². The number of fused-ring (bicyclic) bond motifs is 1. The van der Waals surface area contributed by atoms with E-state index in [9.17, 15) is 4.79 Å². The molecular weight excluding hydrogens is 316 g/mol. The lowest BCUT2D eigenvalue weighted by molar-refractivity contribution is -0.127. The van der Waals surface area contributed by atoms with Crippen LogP contribution < -0.4 is 5.32 Å². The van der Waals surface area contributed by atoms with Gasteiger partial charge in [0.25, 0.3) is 0 Å². The maximum absolute atomic E-state index is 11.8. The largest absolute Gasteiger partial charge is 0.379 e. The molecule has 3 rings (SSSR count). The number of rotatable bonds is 2. The van der Waals surface area contributed by atoms with E-state index in [0.29, 0.717) is 17.5 Å². The number of carbonyl (C=O) groups excluding carboxylic acids is 1. The SMILES string of the molecule is O=C1CC(Nc2ccc(Br)cc2Cl)C2CCCN12. The number of hydrogen-bond acceptors (Lipinski definition) is 2. The van der Waals surface area contributed by atoms with Gasteiger partial charge in [0.2, 0.25) is 5.91 Å². The third-order valence-electron chi connectivity index (χ3n) is 3.75. The number of halogens is 2. The van der Waals surface area contributed by atoms with E-state index in [2.05, 4.69) is 21.2 Å². The van der Waals surface area contributed by atoms with Gasteiger partial charge in [-0.05, 0) is 31.0 Å². The van der Waals surface area contributed by atoms with Crippen molar-refractivity contribution in [2.24, 2.45) is 0 Å². The summed E-state index contributed by atoms with van der Waals surface area (Å²) >= 11 is 9.59. The van der Waals surface area contributed by atoms with E-state index in [0.717, 1.165) is 29.5 Å². The first-order valence-corrected chi connectivity index (χ1v) is 7.33. The smallest absolute Gasteiger partial charge is 0.225 e. The first kappa shape index (κ1) is 12.3. The zero-order valence-electron chi connectivity index (χ0n) is 9.83. The van der Waals surface area contributed by atoms with Crippen LogP contribution in [0, 0.1) is 0 Å². The molecule has 1 N–H and O–H groups in total. The molecule has 18 heavy (non-hydrogen) atoms. The molecule has 0 radical (unpaired) electrons. The Morgan fingerprint density at radius 3 is 3.06 bits per heavy atom. The second kappa shape index (κ2) is 4.74. The molecule has 0 bridgehead atoms. The van der Waals surface area contributed by atoms with Crippen LogP contribution in [-0.2, 0) is 4.79 Å². The monoisotopic (exact) mass is 328 g/mol. The lowest BCUT2D eigenvalue weighted by Crippen LogP contribution is -2.34. The normalized spacial score (nSPS) is 26.6. The number of anilines is 1. The second-order valence-corrected chi connectivity index (χ2v) is 6.20. The van der Waals surface area contributed by atoms with E-state index in [1.807, 2.05) is 23.1 Å². The summed E-state index contributed by atoms with van der Waals surface area (Å²) in [7, 11) is 0. The van der Waals surface area contributed by atoms with Gasteiger partial charge in [-0.25, -0.2) is 0 Å². The molecule has 2 aliphatic rings. The zero-order valence-corrected chi connectivity index (χ0v) is 12.2. The van der Waals surface area contributed by atoms with E-state index >= 15 is 0 Å². The van der Waals surface area contributed by atoms with E-state index in [1.54, 1.807) is 0 Å². The van der Waals surface area contributed by atoms with Crippen molar-refractivity contribution in [3.8, 4) is 0 Å². The molecule has 1 aromatic carbocycles. The van der Waals surface area contributed by atoms with Gasteiger partial charge >= 0.3 is 0 Å². The van der Waals surface area contributed by atoms with Gasteiger partial charge in [0.15, 0.2) is 0 Å². The Kier molecular flexibility index (Phi) is 3.24. The number of hydrogen-bond donors (Lipinski definition) is 1. The van der Waals surface area contributed by atoms with E-state index in [4.69, 9.17) is 11.6 Å². The Bertz CT molecular complexity index is 494. The highest BCUT2D eigenvalue weighted by Gasteiger charge is 2.42. The Morgan fingerprint density at radius 1 is 1.44 bits per heavy atom. The quantitative estimate of drug-likeness (QED) is 0.903. The van der Waals surface area contributed by atoms with Crippen LogP contribution in [0.3, 0.4) is 0 Å². The van der Waals surface area contributed by atoms with Crippen LogP contribution in [0.25, 0.3) is 0 Å². The standard InChI is InChI=1S/C13H14BrClN2O/c14-8-3-4-10(9(15)6-8)16-11-7-13(18)17-5-1-2-12(11)17/h3-4,6,11-12,16H,1-2,5,7H2. The van der Waals surface area contributed by atoms with Crippen molar-refractivity contribution in [2.75, 3.05) is 11.9 Å². The van der Waals surface area contributed by atoms with Crippen LogP contribution >= 0.6 is 27.5 Å². The van der Waals surface area contributed by atoms with Crippen LogP contribution in [0.5, 0.6) is 0 Å². The Labute approximate surface area is 120 Å². The summed E-state index contributed by atoms with van der Waals surface area (Å²) in [6, 6.07) is 6.31. The highest BCUT2D eigenvalue weighted by Crippen LogP contribution is 2.33. The molecule has 5 heteroatoms. The summed E-state index contributed by atoms with van der Waals surface area (Å²) in [6.07, 6.45) is 2.79. The minimum absolute atomic E-state index is 0.193. The first-order valence-electron chi connectivity index (χ1n) is 6.16. The molecular formula is C13H14BrClN2O. The molecule has 0 aliphatic carbocycles. The van der Waals surface area contributed by atoms with Crippen molar-refractivity contribution in [3.63, 3.8) is 0 Å². The van der Waals surface area contributed by atoms with Crippen molar-refractivity contribution in [1.82, 2.24) is 4.90 Å². The van der Waals surface area contributed by atoms with Crippen molar-refractivity contribution < 1.29 is 4.79 Å². The first-order chi connectivity index (χ1) is 8.65. The third-order valence-corrected chi connectivity index (χ3v) is 4.56. The molecule has 1 aromatic rings. The predicted molar refractivity (Wildman–Crippen MR) is 75.9 cm³/mol. The van der Waals surface area contributed by atoms with Gasteiger partial charge in [-0.2, -0.15) is 0 Å². The highest BCUT2D eigenvalue weighted by molar-refractivity contribution is 9.10. The molecule has 2 saturated heterocycles. The van der Waals surface area contributed by atoms with Crippen molar-refractivity contribution in [2.45, 2.75) is 31.3 Å². The number of benzene rings is 1. The fourth-order valence-corrected chi connectivity index (χ4v) is 3.64. The summed E-state index contributed by atoms with van der Waals surface area (Å²) < 4.78 is 0.961. The summed E-state index contributed by atoms with van der Waals surface area (Å²) in [6.45, 7) is 0.912. The number of carbonyl (C=O) groups is 1. The van der Waals surface area contributed by atoms with Crippen LogP contribution in [0.15, 0.2) is 22.7 Å². The fraction of sp³-hybridized carbons (Fsp3) is 0.462. The summed E-state index contributed by atoms with van der Waals surface area (Å²) in [5, 5.41) is 4.11. The molecule has 0 spiro atoms. The second-order valence-electron chi connectivity index (χ2n) is 4.88. The van der Waals surface area contributed by atoms with Gasteiger partial charge in [0.1, 0.15) is 0 Å². The lowest BCUT2D eigenvalue weighted by atomic mass is 10.1. The van der Waals surface area contributed by atoms with Gasteiger partial charge in [0, 0.05) is 17.4 Å². The third kappa shape index (κ3) is 2.12. The Hall–Kier alpha value is -0.740. The molecule has 2 unspecified atom stereocenters. The predicted octanol–water partition coefficient (Wildman–Crippen LogP) is 3.28. The van der Waals surface area contributed by atoms with Gasteiger partial charge in [-0.3, -0.25) is 4.79 Å². The number of nitrogens with one attached hydrogen (secondary N) is 1. The number of amides is 1. The van der Waals surface area contributed by atoms with Gasteiger partial charge in [-0.15, -0.1) is 0 Å². The van der Waals surface area contributed by atoms with E-state index < -0.39 is 0 Å². The van der Waals surface area contributed by atoms with Crippen LogP contribution in [0.2, 0.25) is 5.02 Å². The molecule has 2 aliphatic heterocycles. The molecule has 2 heterocycles. The maximum atomic E-state index is 11.8. The van der Waals surface area contributed by atoms with Crippen LogP contribution in [0.1, 0.15) is 19.3 Å². The van der Waals surface area contributed by atoms with E-state index in [-0.39, 0.29) is 11.9 Å². The molecule has 0 aromatic heterocycles. The maximum Gasteiger partial charge on any atom is 0.225 e. The lowest BCUT2D eigenvalue weighted by Gasteiger charge is -2.22. The minimum Gasteiger partial charge on any atom is -0.379 e. The average molecular weight is 330 g/mol. The molecule has 2 fully saturated rings. The summed E-state index contributed by atoms with van der Waals surface area (Å²) in [5.74, 6) is 0.267. The van der Waals surface area contributed by atoms with Gasteiger partial charge in [0.05, 0.1) is 22.8 Å². The van der Waals surface area contributed by atoms with Crippen molar-refractivity contribution in [3.05, 3.63) is 27.7 Å². The highest BCUT2D eigenvalue weighted by atomic mass is 79.9. The number of nitrogens with zero attached hydrogens (tertiary/aromatic N) is 1.